The molecule has 5 aromatic rings. The molecule has 0 aliphatic carbocycles. The highest BCUT2D eigenvalue weighted by atomic mass is 127. The van der Waals surface area contributed by atoms with Gasteiger partial charge in [0.25, 0.3) is 17.0 Å². The van der Waals surface area contributed by atoms with Gasteiger partial charge in [0, 0.05) is 24.9 Å². The van der Waals surface area contributed by atoms with Gasteiger partial charge in [0.15, 0.2) is 15.5 Å². The summed E-state index contributed by atoms with van der Waals surface area (Å²) < 4.78 is 18.2. The first-order valence-corrected chi connectivity index (χ1v) is 16.1. The first-order chi connectivity index (χ1) is 22.9. The number of pyridine rings is 1. The maximum atomic E-state index is 14.7. The molecule has 14 heteroatoms. The van der Waals surface area contributed by atoms with Gasteiger partial charge >= 0.3 is 0 Å². The molecule has 0 saturated carbocycles. The Kier molecular flexibility index (Phi) is 10.3. The number of aliphatic hydroxyl groups is 1. The number of aromatic nitrogens is 5. The highest BCUT2D eigenvalue weighted by Crippen LogP contribution is 2.25. The number of hydrogen-bond donors (Lipinski definition) is 4. The fraction of sp³-hybridized carbons (Fsp3) is 0.235. The summed E-state index contributed by atoms with van der Waals surface area (Å²) >= 11 is 1.99. The molecular formula is C34H34FIN8O4. The molecule has 0 radical (unpaired) electrons. The highest BCUT2D eigenvalue weighted by Gasteiger charge is 2.22. The Balaban J connectivity index is 1.29. The molecule has 0 spiro atoms. The average Bonchev–Trinajstić information content (AvgIpc) is 3.29. The molecule has 0 bridgehead atoms. The van der Waals surface area contributed by atoms with Crippen molar-refractivity contribution in [3.8, 4) is 5.82 Å². The van der Waals surface area contributed by atoms with Gasteiger partial charge in [-0.25, -0.2) is 28.8 Å². The minimum absolute atomic E-state index is 0.117. The second-order valence-corrected chi connectivity index (χ2v) is 12.5. The molecule has 1 amide bonds. The lowest BCUT2D eigenvalue weighted by Gasteiger charge is -2.18. The lowest BCUT2D eigenvalue weighted by atomic mass is 10.0. The molecule has 12 nitrogen and oxygen atoms in total. The van der Waals surface area contributed by atoms with Crippen molar-refractivity contribution in [2.75, 3.05) is 13.1 Å². The number of carbonyl (C=O) groups excluding carboxylic acids is 1. The van der Waals surface area contributed by atoms with Crippen LogP contribution in [-0.4, -0.2) is 52.5 Å². The molecule has 5 rings (SSSR count). The molecule has 0 saturated heterocycles. The molecule has 0 atom stereocenters. The summed E-state index contributed by atoms with van der Waals surface area (Å²) in [6.45, 7) is 9.29. The van der Waals surface area contributed by atoms with Gasteiger partial charge < -0.3 is 15.7 Å². The molecule has 3 aromatic heterocycles. The summed E-state index contributed by atoms with van der Waals surface area (Å²) in [7, 11) is 0. The van der Waals surface area contributed by atoms with Gasteiger partial charge in [-0.1, -0.05) is 36.4 Å². The molecule has 2 aromatic carbocycles. The Morgan fingerprint density at radius 2 is 1.83 bits per heavy atom. The van der Waals surface area contributed by atoms with Crippen molar-refractivity contribution < 1.29 is 14.3 Å². The number of H-pyrrole nitrogens is 1. The number of hydrogen-bond acceptors (Lipinski definition) is 7. The Hall–Kier alpha value is -4.96. The minimum atomic E-state index is -1.20. The zero-order valence-electron chi connectivity index (χ0n) is 26.6. The first-order valence-electron chi connectivity index (χ1n) is 15.0. The predicted octanol–water partition coefficient (Wildman–Crippen LogP) is 4.16. The number of amides is 1. The van der Waals surface area contributed by atoms with Gasteiger partial charge in [0.1, 0.15) is 11.4 Å². The van der Waals surface area contributed by atoms with E-state index in [0.29, 0.717) is 48.8 Å². The highest BCUT2D eigenvalue weighted by molar-refractivity contribution is 14.1. The molecule has 3 heterocycles. The van der Waals surface area contributed by atoms with Crippen molar-refractivity contribution in [2.45, 2.75) is 39.3 Å². The molecule has 0 aliphatic heterocycles. The van der Waals surface area contributed by atoms with Crippen molar-refractivity contribution in [1.82, 2.24) is 35.2 Å². The van der Waals surface area contributed by atoms with E-state index in [1.54, 1.807) is 74.0 Å². The first kappa shape index (κ1) is 34.4. The summed E-state index contributed by atoms with van der Waals surface area (Å²) in [5.41, 5.74) is 0.170. The maximum Gasteiger partial charge on any atom is 0.272 e. The number of amidine groups is 1. The van der Waals surface area contributed by atoms with Gasteiger partial charge in [-0.2, -0.15) is 5.10 Å². The number of nitrogens with one attached hydrogen (secondary N) is 3. The van der Waals surface area contributed by atoms with Gasteiger partial charge in [-0.15, -0.1) is 6.58 Å². The minimum Gasteiger partial charge on any atom is -0.384 e. The lowest BCUT2D eigenvalue weighted by Crippen LogP contribution is -2.33. The molecule has 0 unspecified atom stereocenters. The fourth-order valence-electron chi connectivity index (χ4n) is 5.11. The lowest BCUT2D eigenvalue weighted by molar-refractivity contribution is 0.0737. The van der Waals surface area contributed by atoms with Crippen molar-refractivity contribution in [3.63, 3.8) is 0 Å². The number of rotatable bonds is 11. The van der Waals surface area contributed by atoms with E-state index in [1.807, 2.05) is 28.7 Å². The zero-order valence-corrected chi connectivity index (χ0v) is 28.7. The van der Waals surface area contributed by atoms with Crippen molar-refractivity contribution >= 4 is 48.9 Å². The van der Waals surface area contributed by atoms with Crippen molar-refractivity contribution in [2.24, 2.45) is 4.99 Å². The van der Waals surface area contributed by atoms with E-state index in [1.165, 1.54) is 16.8 Å². The van der Waals surface area contributed by atoms with Crippen LogP contribution in [0.2, 0.25) is 0 Å². The normalized spacial score (nSPS) is 11.9. The van der Waals surface area contributed by atoms with Crippen LogP contribution in [-0.2, 0) is 18.6 Å². The summed E-state index contributed by atoms with van der Waals surface area (Å²) in [4.78, 5) is 47.5. The van der Waals surface area contributed by atoms with Crippen molar-refractivity contribution in [3.05, 3.63) is 128 Å². The third-order valence-corrected chi connectivity index (χ3v) is 8.14. The van der Waals surface area contributed by atoms with E-state index in [-0.39, 0.29) is 42.7 Å². The van der Waals surface area contributed by atoms with Crippen LogP contribution in [0.1, 0.15) is 46.7 Å². The van der Waals surface area contributed by atoms with Crippen LogP contribution in [0.3, 0.4) is 0 Å². The summed E-state index contributed by atoms with van der Waals surface area (Å²) in [6, 6.07) is 16.5. The van der Waals surface area contributed by atoms with Crippen LogP contribution in [0.4, 0.5) is 10.2 Å². The summed E-state index contributed by atoms with van der Waals surface area (Å²) in [5, 5.41) is 24.2. The van der Waals surface area contributed by atoms with Gasteiger partial charge in [-0.3, -0.25) is 14.4 Å². The number of nitrogens with zero attached hydrogens (tertiary/aromatic N) is 5. The quantitative estimate of drug-likeness (QED) is 0.0393. The third kappa shape index (κ3) is 7.44. The number of fused-ring (bicyclic) bond motifs is 1. The Morgan fingerprint density at radius 1 is 1.10 bits per heavy atom. The zero-order chi connectivity index (χ0) is 34.6. The van der Waals surface area contributed by atoms with E-state index in [9.17, 15) is 23.9 Å². The van der Waals surface area contributed by atoms with Gasteiger partial charge in [0.05, 0.1) is 34.4 Å². The van der Waals surface area contributed by atoms with E-state index in [0.717, 1.165) is 0 Å². The number of allylic oxidation sites excluding steroid dienone is 1. The third-order valence-electron chi connectivity index (χ3n) is 7.52. The Morgan fingerprint density at radius 3 is 2.56 bits per heavy atom. The van der Waals surface area contributed by atoms with Crippen LogP contribution in [0, 0.1) is 12.7 Å². The largest absolute Gasteiger partial charge is 0.384 e. The van der Waals surface area contributed by atoms with Crippen molar-refractivity contribution in [1.29, 1.82) is 0 Å². The molecule has 4 N–H and O–H groups in total. The summed E-state index contributed by atoms with van der Waals surface area (Å²) in [6.07, 6.45) is 1.88. The number of aromatic amines is 1. The van der Waals surface area contributed by atoms with Crippen LogP contribution in [0.5, 0.6) is 0 Å². The number of carbonyl (C=O) groups is 1. The topological polar surface area (TPSA) is 159 Å². The molecule has 0 aliphatic rings. The van der Waals surface area contributed by atoms with Crippen LogP contribution in [0.25, 0.3) is 16.6 Å². The molecule has 48 heavy (non-hydrogen) atoms. The average molecular weight is 765 g/mol. The van der Waals surface area contributed by atoms with Crippen LogP contribution >= 0.6 is 22.6 Å². The number of halogens is 2. The fourth-order valence-corrected chi connectivity index (χ4v) is 5.61. The van der Waals surface area contributed by atoms with E-state index in [2.05, 4.69) is 37.4 Å². The van der Waals surface area contributed by atoms with E-state index >= 15 is 0 Å². The molecule has 248 valence electrons. The summed E-state index contributed by atoms with van der Waals surface area (Å²) in [5.74, 6) is -0.525. The van der Waals surface area contributed by atoms with E-state index < -0.39 is 17.3 Å². The number of aliphatic imine (C=N–C) groups is 1. The second-order valence-electron chi connectivity index (χ2n) is 11.5. The van der Waals surface area contributed by atoms with E-state index in [4.69, 9.17) is 0 Å². The van der Waals surface area contributed by atoms with Crippen LogP contribution in [0.15, 0.2) is 87.9 Å². The maximum absolute atomic E-state index is 14.7. The molecule has 0 fully saturated rings. The monoisotopic (exact) mass is 764 g/mol. The predicted molar refractivity (Wildman–Crippen MR) is 191 cm³/mol. The molecular weight excluding hydrogens is 730 g/mol. The Labute approximate surface area is 288 Å². The standard InChI is InChI=1S/C34H34FIN8O4/c1-5-17-43-32(47)20(2)29(44(43)28-12-8-11-27(39-28)34(3,4)48)40-33(36)38-16-15-37-30(45)24-18-21(13-14-25(24)35)19-26-22-9-6-7-10-23(22)31(46)42-41-26/h5-14,18,48H,1,15-17,19H2,2-4H3,(H,37,45)(H,38,40)(H,42,46). The Bertz CT molecular complexity index is 2160. The van der Waals surface area contributed by atoms with Gasteiger partial charge in [-0.05, 0) is 79.3 Å². The second kappa shape index (κ2) is 14.4. The SMILES string of the molecule is C=CCn1c(=O)c(C)c(/N=C(\I)NCCNC(=O)c2cc(Cc3n[nH]c(=O)c4ccccc34)ccc2F)n1-c1cccc(C(C)(C)O)n1. The van der Waals surface area contributed by atoms with Crippen LogP contribution < -0.4 is 21.8 Å². The van der Waals surface area contributed by atoms with Gasteiger partial charge in [0.2, 0.25) is 0 Å². The smallest absolute Gasteiger partial charge is 0.272 e. The number of benzene rings is 2.